The highest BCUT2D eigenvalue weighted by Gasteiger charge is 2.28. The largest absolute Gasteiger partial charge is 0.454 e. The van der Waals surface area contributed by atoms with Crippen molar-refractivity contribution in [2.75, 3.05) is 40.0 Å². The number of fused-ring (bicyclic) bond motifs is 1. The number of ether oxygens (including phenoxy) is 2. The van der Waals surface area contributed by atoms with Crippen LogP contribution < -0.4 is 14.8 Å². The van der Waals surface area contributed by atoms with E-state index in [0.717, 1.165) is 5.56 Å². The monoisotopic (exact) mass is 417 g/mol. The first-order valence-corrected chi connectivity index (χ1v) is 10.8. The molecule has 0 saturated carbocycles. The lowest BCUT2D eigenvalue weighted by Crippen LogP contribution is -2.47. The molecule has 2 aliphatic rings. The first kappa shape index (κ1) is 19.7. The Morgan fingerprint density at radius 3 is 2.59 bits per heavy atom. The van der Waals surface area contributed by atoms with Gasteiger partial charge in [0.05, 0.1) is 4.90 Å². The van der Waals surface area contributed by atoms with Crippen LogP contribution in [0.3, 0.4) is 0 Å². The molecule has 0 radical (unpaired) electrons. The van der Waals surface area contributed by atoms with Crippen LogP contribution in [0.4, 0.5) is 0 Å². The molecule has 2 heterocycles. The van der Waals surface area contributed by atoms with Crippen molar-refractivity contribution in [2.24, 2.45) is 0 Å². The maximum Gasteiger partial charge on any atom is 0.251 e. The molecule has 0 bridgehead atoms. The van der Waals surface area contributed by atoms with Gasteiger partial charge in [0.1, 0.15) is 0 Å². The van der Waals surface area contributed by atoms with Crippen molar-refractivity contribution < 1.29 is 22.7 Å². The second-order valence-electron chi connectivity index (χ2n) is 7.11. The van der Waals surface area contributed by atoms with Gasteiger partial charge in [-0.2, -0.15) is 4.31 Å². The lowest BCUT2D eigenvalue weighted by molar-refractivity contribution is 0.0950. The third-order valence-corrected chi connectivity index (χ3v) is 6.98. The van der Waals surface area contributed by atoms with E-state index in [4.69, 9.17) is 9.47 Å². The van der Waals surface area contributed by atoms with Crippen molar-refractivity contribution in [3.05, 3.63) is 53.6 Å². The highest BCUT2D eigenvalue weighted by molar-refractivity contribution is 7.89. The van der Waals surface area contributed by atoms with Gasteiger partial charge in [-0.1, -0.05) is 12.1 Å². The molecule has 29 heavy (non-hydrogen) atoms. The lowest BCUT2D eigenvalue weighted by atomic mass is 10.2. The number of likely N-dealkylation sites (N-methyl/N-ethyl adjacent to an activating group) is 1. The van der Waals surface area contributed by atoms with Gasteiger partial charge in [0.2, 0.25) is 16.8 Å². The van der Waals surface area contributed by atoms with Crippen LogP contribution in [-0.4, -0.2) is 63.5 Å². The van der Waals surface area contributed by atoms with E-state index < -0.39 is 10.0 Å². The van der Waals surface area contributed by atoms with E-state index in [-0.39, 0.29) is 17.6 Å². The lowest BCUT2D eigenvalue weighted by Gasteiger charge is -2.31. The molecule has 4 rings (SSSR count). The molecule has 0 aliphatic carbocycles. The van der Waals surface area contributed by atoms with Gasteiger partial charge in [-0.05, 0) is 42.9 Å². The molecule has 0 unspecified atom stereocenters. The Morgan fingerprint density at radius 2 is 1.79 bits per heavy atom. The van der Waals surface area contributed by atoms with E-state index in [9.17, 15) is 13.2 Å². The van der Waals surface area contributed by atoms with Crippen LogP contribution in [0.1, 0.15) is 15.9 Å². The summed E-state index contributed by atoms with van der Waals surface area (Å²) in [5, 5.41) is 2.82. The molecule has 1 N–H and O–H groups in total. The molecule has 154 valence electrons. The standard InChI is InChI=1S/C20H23N3O5S/c1-22-7-9-23(10-8-22)29(25,26)17-4-2-3-16(12-17)20(24)21-13-15-5-6-18-19(11-15)28-14-27-18/h2-6,11-12H,7-10,13-14H2,1H3,(H,21,24). The minimum atomic E-state index is -3.62. The number of hydrogen-bond donors (Lipinski definition) is 1. The van der Waals surface area contributed by atoms with Gasteiger partial charge in [0, 0.05) is 38.3 Å². The van der Waals surface area contributed by atoms with Gasteiger partial charge < -0.3 is 19.7 Å². The Kier molecular flexibility index (Phi) is 5.44. The molecule has 1 fully saturated rings. The summed E-state index contributed by atoms with van der Waals surface area (Å²) >= 11 is 0. The summed E-state index contributed by atoms with van der Waals surface area (Å²) in [7, 11) is -1.65. The summed E-state index contributed by atoms with van der Waals surface area (Å²) < 4.78 is 37.9. The zero-order valence-electron chi connectivity index (χ0n) is 16.1. The Morgan fingerprint density at radius 1 is 1.03 bits per heavy atom. The number of nitrogens with zero attached hydrogens (tertiary/aromatic N) is 2. The Bertz CT molecular complexity index is 1020. The van der Waals surface area contributed by atoms with Crippen LogP contribution in [0.15, 0.2) is 47.4 Å². The number of nitrogens with one attached hydrogen (secondary N) is 1. The molecule has 0 atom stereocenters. The summed E-state index contributed by atoms with van der Waals surface area (Å²) in [6, 6.07) is 11.6. The highest BCUT2D eigenvalue weighted by atomic mass is 32.2. The third-order valence-electron chi connectivity index (χ3n) is 5.09. The van der Waals surface area contributed by atoms with E-state index in [1.807, 2.05) is 19.2 Å². The van der Waals surface area contributed by atoms with Crippen molar-refractivity contribution in [1.29, 1.82) is 0 Å². The van der Waals surface area contributed by atoms with Crippen LogP contribution in [0.2, 0.25) is 0 Å². The van der Waals surface area contributed by atoms with E-state index in [1.165, 1.54) is 16.4 Å². The SMILES string of the molecule is CN1CCN(S(=O)(=O)c2cccc(C(=O)NCc3ccc4c(c3)OCO4)c2)CC1. The molecule has 0 aromatic heterocycles. The predicted octanol–water partition coefficient (Wildman–Crippen LogP) is 1.28. The summed E-state index contributed by atoms with van der Waals surface area (Å²) in [4.78, 5) is 14.8. The van der Waals surface area contributed by atoms with E-state index >= 15 is 0 Å². The third kappa shape index (κ3) is 4.21. The molecule has 9 heteroatoms. The summed E-state index contributed by atoms with van der Waals surface area (Å²) in [5.41, 5.74) is 1.17. The number of carbonyl (C=O) groups is 1. The maximum atomic E-state index is 12.9. The van der Waals surface area contributed by atoms with E-state index in [0.29, 0.717) is 49.8 Å². The number of carbonyl (C=O) groups excluding carboxylic acids is 1. The van der Waals surface area contributed by atoms with Gasteiger partial charge in [-0.25, -0.2) is 8.42 Å². The molecule has 1 saturated heterocycles. The number of benzene rings is 2. The van der Waals surface area contributed by atoms with Crippen LogP contribution >= 0.6 is 0 Å². The van der Waals surface area contributed by atoms with Gasteiger partial charge in [-0.3, -0.25) is 4.79 Å². The molecule has 2 aromatic rings. The molecular weight excluding hydrogens is 394 g/mol. The predicted molar refractivity (Wildman–Crippen MR) is 106 cm³/mol. The summed E-state index contributed by atoms with van der Waals surface area (Å²) in [5.74, 6) is 0.997. The van der Waals surface area contributed by atoms with Gasteiger partial charge in [0.15, 0.2) is 11.5 Å². The molecule has 0 spiro atoms. The van der Waals surface area contributed by atoms with Crippen molar-refractivity contribution in [1.82, 2.24) is 14.5 Å². The number of piperazine rings is 1. The number of amides is 1. The molecule has 2 aliphatic heterocycles. The first-order chi connectivity index (χ1) is 13.9. The fourth-order valence-corrected chi connectivity index (χ4v) is 4.78. The summed E-state index contributed by atoms with van der Waals surface area (Å²) in [6.07, 6.45) is 0. The van der Waals surface area contributed by atoms with Gasteiger partial charge >= 0.3 is 0 Å². The van der Waals surface area contributed by atoms with Crippen molar-refractivity contribution in [3.8, 4) is 11.5 Å². The topological polar surface area (TPSA) is 88.2 Å². The fraction of sp³-hybridized carbons (Fsp3) is 0.350. The van der Waals surface area contributed by atoms with Crippen LogP contribution in [0, 0.1) is 0 Å². The van der Waals surface area contributed by atoms with Gasteiger partial charge in [-0.15, -0.1) is 0 Å². The van der Waals surface area contributed by atoms with Crippen molar-refractivity contribution in [3.63, 3.8) is 0 Å². The molecular formula is C20H23N3O5S. The average molecular weight is 417 g/mol. The normalized spacial score (nSPS) is 17.3. The smallest absolute Gasteiger partial charge is 0.251 e. The van der Waals surface area contributed by atoms with Crippen molar-refractivity contribution in [2.45, 2.75) is 11.4 Å². The van der Waals surface area contributed by atoms with E-state index in [2.05, 4.69) is 10.2 Å². The van der Waals surface area contributed by atoms with Crippen LogP contribution in [-0.2, 0) is 16.6 Å². The fourth-order valence-electron chi connectivity index (χ4n) is 3.31. The minimum absolute atomic E-state index is 0.137. The molecule has 8 nitrogen and oxygen atoms in total. The number of sulfonamides is 1. The minimum Gasteiger partial charge on any atom is -0.454 e. The maximum absolute atomic E-state index is 12.9. The summed E-state index contributed by atoms with van der Waals surface area (Å²) in [6.45, 7) is 2.76. The zero-order valence-corrected chi connectivity index (χ0v) is 16.9. The quantitative estimate of drug-likeness (QED) is 0.789. The van der Waals surface area contributed by atoms with Crippen LogP contribution in [0.5, 0.6) is 11.5 Å². The van der Waals surface area contributed by atoms with Crippen molar-refractivity contribution >= 4 is 15.9 Å². The molecule has 1 amide bonds. The highest BCUT2D eigenvalue weighted by Crippen LogP contribution is 2.32. The second-order valence-corrected chi connectivity index (χ2v) is 9.04. The zero-order chi connectivity index (χ0) is 20.4. The first-order valence-electron chi connectivity index (χ1n) is 9.39. The van der Waals surface area contributed by atoms with Gasteiger partial charge in [0.25, 0.3) is 5.91 Å². The Labute approximate surface area is 170 Å². The number of hydrogen-bond acceptors (Lipinski definition) is 6. The van der Waals surface area contributed by atoms with E-state index in [1.54, 1.807) is 18.2 Å². The average Bonchev–Trinajstić information content (AvgIpc) is 3.20. The Balaban J connectivity index is 1.44. The van der Waals surface area contributed by atoms with Crippen LogP contribution in [0.25, 0.3) is 0 Å². The second kappa shape index (κ2) is 8.02. The Hall–Kier alpha value is -2.62. The number of rotatable bonds is 5. The molecule has 2 aromatic carbocycles.